The summed E-state index contributed by atoms with van der Waals surface area (Å²) in [7, 11) is -2.47. The molecule has 1 unspecified atom stereocenters. The number of hydrogen-bond acceptors (Lipinski definition) is 6. The van der Waals surface area contributed by atoms with Crippen LogP contribution in [0.15, 0.2) is 70.3 Å². The Kier molecular flexibility index (Phi) is 6.14. The zero-order chi connectivity index (χ0) is 22.9. The lowest BCUT2D eigenvalue weighted by Crippen LogP contribution is -2.44. The molecule has 1 aliphatic heterocycles. The summed E-state index contributed by atoms with van der Waals surface area (Å²) in [6, 6.07) is 16.0. The van der Waals surface area contributed by atoms with Gasteiger partial charge in [0.15, 0.2) is 0 Å². The Bertz CT molecular complexity index is 1220. The van der Waals surface area contributed by atoms with Crippen LogP contribution in [0.1, 0.15) is 17.5 Å². The number of benzene rings is 2. The van der Waals surface area contributed by atoms with Crippen LogP contribution >= 0.6 is 11.3 Å². The number of methoxy groups -OCH3 is 1. The molecule has 1 aromatic heterocycles. The van der Waals surface area contributed by atoms with Gasteiger partial charge in [0.1, 0.15) is 16.0 Å². The van der Waals surface area contributed by atoms with Crippen molar-refractivity contribution in [2.75, 3.05) is 12.0 Å². The van der Waals surface area contributed by atoms with E-state index in [4.69, 9.17) is 4.74 Å². The van der Waals surface area contributed by atoms with Crippen molar-refractivity contribution in [1.29, 1.82) is 0 Å². The number of hydrogen-bond donors (Lipinski definition) is 0. The van der Waals surface area contributed by atoms with Gasteiger partial charge in [-0.05, 0) is 48.2 Å². The molecule has 2 aromatic carbocycles. The minimum absolute atomic E-state index is 0.0132. The van der Waals surface area contributed by atoms with Crippen molar-refractivity contribution >= 4 is 38.9 Å². The van der Waals surface area contributed by atoms with Crippen LogP contribution in [0, 0.1) is 6.92 Å². The average Bonchev–Trinajstić information content (AvgIpc) is 3.42. The highest BCUT2D eigenvalue weighted by Gasteiger charge is 2.47. The summed E-state index contributed by atoms with van der Waals surface area (Å²) >= 11 is 1.08. The van der Waals surface area contributed by atoms with Gasteiger partial charge >= 0.3 is 0 Å². The Labute approximate surface area is 190 Å². The molecule has 1 fully saturated rings. The molecule has 0 radical (unpaired) electrons. The molecule has 32 heavy (non-hydrogen) atoms. The molecule has 2 amide bonds. The molecule has 4 rings (SSSR count). The highest BCUT2D eigenvalue weighted by atomic mass is 32.2. The topological polar surface area (TPSA) is 84.0 Å². The number of aryl methyl sites for hydroxylation is 1. The first kappa shape index (κ1) is 22.2. The average molecular weight is 471 g/mol. The van der Waals surface area contributed by atoms with Crippen LogP contribution in [-0.2, 0) is 26.2 Å². The number of nitrogens with zero attached hydrogens (tertiary/aromatic N) is 2. The monoisotopic (exact) mass is 470 g/mol. The van der Waals surface area contributed by atoms with Gasteiger partial charge in [-0.2, -0.15) is 4.31 Å². The third-order valence-corrected chi connectivity index (χ3v) is 8.55. The number of sulfonamides is 1. The Hall–Kier alpha value is -3.01. The fourth-order valence-corrected chi connectivity index (χ4v) is 6.29. The molecule has 3 aromatic rings. The number of rotatable bonds is 7. The molecular weight excluding hydrogens is 448 g/mol. The Morgan fingerprint density at radius 2 is 1.75 bits per heavy atom. The van der Waals surface area contributed by atoms with E-state index in [0.717, 1.165) is 31.7 Å². The fourth-order valence-electron chi connectivity index (χ4n) is 3.61. The van der Waals surface area contributed by atoms with E-state index < -0.39 is 27.9 Å². The smallest absolute Gasteiger partial charge is 0.253 e. The molecule has 1 atom stereocenters. The number of imide groups is 1. The lowest BCUT2D eigenvalue weighted by Gasteiger charge is -2.26. The van der Waals surface area contributed by atoms with E-state index in [9.17, 15) is 18.0 Å². The van der Waals surface area contributed by atoms with Crippen molar-refractivity contribution < 1.29 is 22.7 Å². The zero-order valence-corrected chi connectivity index (χ0v) is 19.2. The van der Waals surface area contributed by atoms with Gasteiger partial charge in [0.05, 0.1) is 19.2 Å². The van der Waals surface area contributed by atoms with Gasteiger partial charge in [0.2, 0.25) is 5.91 Å². The molecule has 0 aliphatic carbocycles. The molecule has 9 heteroatoms. The third kappa shape index (κ3) is 4.19. The molecule has 1 saturated heterocycles. The van der Waals surface area contributed by atoms with Gasteiger partial charge in [0.25, 0.3) is 15.9 Å². The van der Waals surface area contributed by atoms with Crippen molar-refractivity contribution in [2.24, 2.45) is 0 Å². The van der Waals surface area contributed by atoms with Crippen molar-refractivity contribution in [1.82, 2.24) is 4.31 Å². The van der Waals surface area contributed by atoms with Crippen LogP contribution in [0.25, 0.3) is 0 Å². The molecule has 0 saturated carbocycles. The lowest BCUT2D eigenvalue weighted by molar-refractivity contribution is -0.122. The van der Waals surface area contributed by atoms with Crippen LogP contribution in [0.2, 0.25) is 0 Å². The molecule has 1 aliphatic rings. The molecule has 2 heterocycles. The number of ether oxygens (including phenoxy) is 1. The maximum Gasteiger partial charge on any atom is 0.253 e. The van der Waals surface area contributed by atoms with Crippen molar-refractivity contribution in [3.8, 4) is 5.75 Å². The first-order chi connectivity index (χ1) is 15.3. The second kappa shape index (κ2) is 8.85. The van der Waals surface area contributed by atoms with E-state index in [2.05, 4.69) is 0 Å². The summed E-state index contributed by atoms with van der Waals surface area (Å²) in [5.41, 5.74) is 2.16. The molecule has 0 spiro atoms. The van der Waals surface area contributed by atoms with Crippen molar-refractivity contribution in [3.05, 3.63) is 77.2 Å². The quantitative estimate of drug-likeness (QED) is 0.493. The van der Waals surface area contributed by atoms with E-state index in [1.807, 2.05) is 31.2 Å². The molecule has 0 bridgehead atoms. The van der Waals surface area contributed by atoms with E-state index in [-0.39, 0.29) is 17.2 Å². The Balaban J connectivity index is 1.71. The highest BCUT2D eigenvalue weighted by molar-refractivity contribution is 7.91. The van der Waals surface area contributed by atoms with Gasteiger partial charge in [-0.25, -0.2) is 13.3 Å². The third-order valence-electron chi connectivity index (χ3n) is 5.32. The fraction of sp³-hybridized carbons (Fsp3) is 0.217. The number of carbonyl (C=O) groups excluding carboxylic acids is 2. The number of carbonyl (C=O) groups is 2. The van der Waals surface area contributed by atoms with Gasteiger partial charge in [-0.15, -0.1) is 11.3 Å². The zero-order valence-electron chi connectivity index (χ0n) is 17.6. The normalized spacial score (nSPS) is 16.7. The van der Waals surface area contributed by atoms with E-state index in [0.29, 0.717) is 11.4 Å². The van der Waals surface area contributed by atoms with Crippen LogP contribution in [-0.4, -0.2) is 37.7 Å². The van der Waals surface area contributed by atoms with Crippen molar-refractivity contribution in [3.63, 3.8) is 0 Å². The number of amides is 2. The summed E-state index contributed by atoms with van der Waals surface area (Å²) in [5.74, 6) is -0.418. The molecule has 166 valence electrons. The summed E-state index contributed by atoms with van der Waals surface area (Å²) in [6.07, 6.45) is -0.221. The molecule has 0 N–H and O–H groups in total. The van der Waals surface area contributed by atoms with Gasteiger partial charge in [-0.3, -0.25) is 9.59 Å². The summed E-state index contributed by atoms with van der Waals surface area (Å²) in [4.78, 5) is 27.2. The summed E-state index contributed by atoms with van der Waals surface area (Å²) in [5, 5.41) is 1.67. The first-order valence-electron chi connectivity index (χ1n) is 9.93. The van der Waals surface area contributed by atoms with Crippen LogP contribution < -0.4 is 9.64 Å². The molecular formula is C23H22N2O5S2. The predicted molar refractivity (Wildman–Crippen MR) is 122 cm³/mol. The predicted octanol–water partition coefficient (Wildman–Crippen LogP) is 3.59. The van der Waals surface area contributed by atoms with Crippen LogP contribution in [0.5, 0.6) is 5.75 Å². The number of thiophene rings is 1. The maximum atomic E-state index is 13.5. The lowest BCUT2D eigenvalue weighted by atomic mass is 10.1. The maximum absolute atomic E-state index is 13.5. The standard InChI is InChI=1S/C23H22N2O5S2/c1-16-5-7-17(8-6-16)15-24(32(28,29)22-4-3-13-31-22)20-14-21(26)25(23(20)27)18-9-11-19(30-2)12-10-18/h3-13,20H,14-15H2,1-2H3. The SMILES string of the molecule is COc1ccc(N2C(=O)CC(N(Cc3ccc(C)cc3)S(=O)(=O)c3cccs3)C2=O)cc1. The Morgan fingerprint density at radius 1 is 1.06 bits per heavy atom. The second-order valence-corrected chi connectivity index (χ2v) is 10.5. The minimum Gasteiger partial charge on any atom is -0.497 e. The second-order valence-electron chi connectivity index (χ2n) is 7.45. The minimum atomic E-state index is -3.99. The van der Waals surface area contributed by atoms with Crippen LogP contribution in [0.4, 0.5) is 5.69 Å². The Morgan fingerprint density at radius 3 is 2.34 bits per heavy atom. The van der Waals surface area contributed by atoms with Gasteiger partial charge in [0, 0.05) is 6.54 Å². The number of anilines is 1. The van der Waals surface area contributed by atoms with E-state index in [1.165, 1.54) is 13.2 Å². The summed E-state index contributed by atoms with van der Waals surface area (Å²) in [6.45, 7) is 1.93. The van der Waals surface area contributed by atoms with Crippen molar-refractivity contribution in [2.45, 2.75) is 30.1 Å². The van der Waals surface area contributed by atoms with E-state index in [1.54, 1.807) is 35.7 Å². The van der Waals surface area contributed by atoms with Gasteiger partial charge in [-0.1, -0.05) is 35.9 Å². The van der Waals surface area contributed by atoms with E-state index >= 15 is 0 Å². The molecule has 7 nitrogen and oxygen atoms in total. The van der Waals surface area contributed by atoms with Gasteiger partial charge < -0.3 is 4.74 Å². The largest absolute Gasteiger partial charge is 0.497 e. The first-order valence-corrected chi connectivity index (χ1v) is 12.2. The highest BCUT2D eigenvalue weighted by Crippen LogP contribution is 2.32. The summed E-state index contributed by atoms with van der Waals surface area (Å²) < 4.78 is 33.3. The van der Waals surface area contributed by atoms with Crippen LogP contribution in [0.3, 0.4) is 0 Å².